The summed E-state index contributed by atoms with van der Waals surface area (Å²) in [5, 5.41) is 0. The van der Waals surface area contributed by atoms with E-state index >= 15 is 0 Å². The monoisotopic (exact) mass is 219 g/mol. The van der Waals surface area contributed by atoms with Gasteiger partial charge in [0.1, 0.15) is 5.82 Å². The van der Waals surface area contributed by atoms with E-state index in [0.717, 1.165) is 23.6 Å². The smallest absolute Gasteiger partial charge is 0.129 e. The molecule has 0 saturated carbocycles. The van der Waals surface area contributed by atoms with Crippen molar-refractivity contribution in [2.24, 2.45) is 5.73 Å². The summed E-state index contributed by atoms with van der Waals surface area (Å²) in [5.74, 6) is 1.38. The van der Waals surface area contributed by atoms with Gasteiger partial charge in [0.25, 0.3) is 0 Å². The molecular weight excluding hydrogens is 198 g/mol. The Labute approximate surface area is 98.0 Å². The zero-order valence-corrected chi connectivity index (χ0v) is 10.4. The maximum atomic E-state index is 5.70. The van der Waals surface area contributed by atoms with E-state index in [9.17, 15) is 0 Å². The molecule has 2 N–H and O–H groups in total. The molecule has 1 aromatic rings. The molecule has 0 aliphatic carbocycles. The van der Waals surface area contributed by atoms with Gasteiger partial charge in [-0.3, -0.25) is 0 Å². The van der Waals surface area contributed by atoms with Gasteiger partial charge in [-0.1, -0.05) is 19.9 Å². The minimum atomic E-state index is 0.419. The summed E-state index contributed by atoms with van der Waals surface area (Å²) in [6, 6.07) is 4.12. The third-order valence-electron chi connectivity index (χ3n) is 2.51. The molecule has 0 aromatic carbocycles. The van der Waals surface area contributed by atoms with Crippen LogP contribution in [0.5, 0.6) is 0 Å². The van der Waals surface area contributed by atoms with Gasteiger partial charge in [-0.2, -0.15) is 0 Å². The minimum Gasteiger partial charge on any atom is -0.356 e. The molecule has 0 radical (unpaired) electrons. The fourth-order valence-electron chi connectivity index (χ4n) is 1.49. The molecular formula is C13H21N3. The highest BCUT2D eigenvalue weighted by Crippen LogP contribution is 2.19. The molecule has 3 heteroatoms. The van der Waals surface area contributed by atoms with Crippen LogP contribution in [0.1, 0.15) is 31.0 Å². The van der Waals surface area contributed by atoms with E-state index in [1.165, 1.54) is 0 Å². The first kappa shape index (κ1) is 12.7. The van der Waals surface area contributed by atoms with E-state index in [-0.39, 0.29) is 0 Å². The van der Waals surface area contributed by atoms with Gasteiger partial charge in [-0.15, -0.1) is 6.58 Å². The third kappa shape index (κ3) is 3.07. The van der Waals surface area contributed by atoms with Crippen molar-refractivity contribution in [3.8, 4) is 0 Å². The lowest BCUT2D eigenvalue weighted by Gasteiger charge is -2.19. The summed E-state index contributed by atoms with van der Waals surface area (Å²) in [4.78, 5) is 6.69. The second kappa shape index (κ2) is 5.66. The number of nitrogens with zero attached hydrogens (tertiary/aromatic N) is 2. The lowest BCUT2D eigenvalue weighted by Crippen LogP contribution is -2.19. The SMILES string of the molecule is C=CCN(C)c1cc(CN)cc(C(C)C)n1. The maximum absolute atomic E-state index is 5.70. The quantitative estimate of drug-likeness (QED) is 0.773. The van der Waals surface area contributed by atoms with Crippen molar-refractivity contribution in [1.29, 1.82) is 0 Å². The number of anilines is 1. The highest BCUT2D eigenvalue weighted by Gasteiger charge is 2.07. The van der Waals surface area contributed by atoms with Crippen molar-refractivity contribution in [2.45, 2.75) is 26.3 Å². The lowest BCUT2D eigenvalue weighted by atomic mass is 10.1. The summed E-state index contributed by atoms with van der Waals surface area (Å²) < 4.78 is 0. The molecule has 0 spiro atoms. The zero-order valence-electron chi connectivity index (χ0n) is 10.4. The molecule has 0 amide bonds. The van der Waals surface area contributed by atoms with Crippen molar-refractivity contribution in [1.82, 2.24) is 4.98 Å². The topological polar surface area (TPSA) is 42.1 Å². The predicted octanol–water partition coefficient (Wildman–Crippen LogP) is 2.29. The first-order valence-electron chi connectivity index (χ1n) is 5.61. The van der Waals surface area contributed by atoms with E-state index in [0.29, 0.717) is 12.5 Å². The number of rotatable bonds is 5. The summed E-state index contributed by atoms with van der Waals surface area (Å²) >= 11 is 0. The fourth-order valence-corrected chi connectivity index (χ4v) is 1.49. The van der Waals surface area contributed by atoms with Gasteiger partial charge in [-0.25, -0.2) is 4.98 Å². The Morgan fingerprint density at radius 1 is 1.50 bits per heavy atom. The van der Waals surface area contributed by atoms with Gasteiger partial charge in [0.2, 0.25) is 0 Å². The molecule has 0 bridgehead atoms. The van der Waals surface area contributed by atoms with Crippen molar-refractivity contribution >= 4 is 5.82 Å². The number of pyridine rings is 1. The lowest BCUT2D eigenvalue weighted by molar-refractivity contribution is 0.808. The summed E-state index contributed by atoms with van der Waals surface area (Å²) in [6.45, 7) is 9.35. The number of hydrogen-bond donors (Lipinski definition) is 1. The normalized spacial score (nSPS) is 10.6. The number of aromatic nitrogens is 1. The molecule has 16 heavy (non-hydrogen) atoms. The van der Waals surface area contributed by atoms with E-state index < -0.39 is 0 Å². The number of hydrogen-bond acceptors (Lipinski definition) is 3. The first-order valence-corrected chi connectivity index (χ1v) is 5.61. The van der Waals surface area contributed by atoms with Gasteiger partial charge in [0.15, 0.2) is 0 Å². The van der Waals surface area contributed by atoms with Gasteiger partial charge in [0.05, 0.1) is 0 Å². The van der Waals surface area contributed by atoms with Gasteiger partial charge in [-0.05, 0) is 23.6 Å². The fraction of sp³-hybridized carbons (Fsp3) is 0.462. The Morgan fingerprint density at radius 2 is 2.19 bits per heavy atom. The zero-order chi connectivity index (χ0) is 12.1. The van der Waals surface area contributed by atoms with Crippen molar-refractivity contribution in [3.63, 3.8) is 0 Å². The van der Waals surface area contributed by atoms with Crippen LogP contribution in [-0.4, -0.2) is 18.6 Å². The largest absolute Gasteiger partial charge is 0.356 e. The Morgan fingerprint density at radius 3 is 2.69 bits per heavy atom. The van der Waals surface area contributed by atoms with Crippen LogP contribution >= 0.6 is 0 Å². The van der Waals surface area contributed by atoms with Crippen molar-refractivity contribution in [3.05, 3.63) is 36.0 Å². The van der Waals surface area contributed by atoms with Crippen molar-refractivity contribution in [2.75, 3.05) is 18.5 Å². The summed E-state index contributed by atoms with van der Waals surface area (Å²) in [6.07, 6.45) is 1.87. The van der Waals surface area contributed by atoms with Crippen LogP contribution in [0.15, 0.2) is 24.8 Å². The Kier molecular flexibility index (Phi) is 4.50. The Bertz CT molecular complexity index is 358. The molecule has 0 aliphatic rings. The second-order valence-electron chi connectivity index (χ2n) is 4.29. The maximum Gasteiger partial charge on any atom is 0.129 e. The van der Waals surface area contributed by atoms with Crippen LogP contribution in [-0.2, 0) is 6.54 Å². The number of nitrogens with two attached hydrogens (primary N) is 1. The molecule has 3 nitrogen and oxygen atoms in total. The Hall–Kier alpha value is -1.35. The minimum absolute atomic E-state index is 0.419. The summed E-state index contributed by atoms with van der Waals surface area (Å²) in [5.41, 5.74) is 7.92. The molecule has 0 saturated heterocycles. The standard InChI is InChI=1S/C13H21N3/c1-5-6-16(4)13-8-11(9-14)7-12(15-13)10(2)3/h5,7-8,10H,1,6,9,14H2,2-4H3. The highest BCUT2D eigenvalue weighted by molar-refractivity contribution is 5.43. The van der Waals surface area contributed by atoms with Gasteiger partial charge in [0, 0.05) is 25.8 Å². The van der Waals surface area contributed by atoms with Crippen LogP contribution in [0, 0.1) is 0 Å². The first-order chi connectivity index (χ1) is 7.58. The average molecular weight is 219 g/mol. The van der Waals surface area contributed by atoms with E-state index in [4.69, 9.17) is 5.73 Å². The van der Waals surface area contributed by atoms with Crippen LogP contribution < -0.4 is 10.6 Å². The van der Waals surface area contributed by atoms with Crippen LogP contribution in [0.3, 0.4) is 0 Å². The van der Waals surface area contributed by atoms with E-state index in [1.54, 1.807) is 0 Å². The number of likely N-dealkylation sites (N-methyl/N-ethyl adjacent to an activating group) is 1. The summed E-state index contributed by atoms with van der Waals surface area (Å²) in [7, 11) is 2.01. The van der Waals surface area contributed by atoms with Crippen molar-refractivity contribution < 1.29 is 0 Å². The molecule has 1 aromatic heterocycles. The van der Waals surface area contributed by atoms with Crippen LogP contribution in [0.2, 0.25) is 0 Å². The molecule has 0 fully saturated rings. The second-order valence-corrected chi connectivity index (χ2v) is 4.29. The van der Waals surface area contributed by atoms with Gasteiger partial charge < -0.3 is 10.6 Å². The predicted molar refractivity (Wildman–Crippen MR) is 69.7 cm³/mol. The van der Waals surface area contributed by atoms with E-state index in [2.05, 4.69) is 36.4 Å². The molecule has 1 heterocycles. The van der Waals surface area contributed by atoms with Crippen LogP contribution in [0.25, 0.3) is 0 Å². The third-order valence-corrected chi connectivity index (χ3v) is 2.51. The average Bonchev–Trinajstić information content (AvgIpc) is 2.28. The van der Waals surface area contributed by atoms with Gasteiger partial charge >= 0.3 is 0 Å². The molecule has 0 aliphatic heterocycles. The Balaban J connectivity index is 3.08. The molecule has 88 valence electrons. The molecule has 1 rings (SSSR count). The molecule has 0 unspecified atom stereocenters. The van der Waals surface area contributed by atoms with Crippen LogP contribution in [0.4, 0.5) is 5.82 Å². The van der Waals surface area contributed by atoms with E-state index in [1.807, 2.05) is 19.2 Å². The highest BCUT2D eigenvalue weighted by atomic mass is 15.2. The molecule has 0 atom stereocenters.